The lowest BCUT2D eigenvalue weighted by Gasteiger charge is -2.27. The molecule has 1 aromatic carbocycles. The lowest BCUT2D eigenvalue weighted by molar-refractivity contribution is -0.127. The van der Waals surface area contributed by atoms with Crippen LogP contribution in [0.4, 0.5) is 4.39 Å². The van der Waals surface area contributed by atoms with Crippen LogP contribution in [-0.2, 0) is 17.9 Å². The van der Waals surface area contributed by atoms with Gasteiger partial charge in [-0.15, -0.1) is 0 Å². The number of carbonyl (C=O) groups excluding carboxylic acids is 1. The number of benzene rings is 1. The number of aliphatic hydroxyl groups excluding tert-OH is 1. The van der Waals surface area contributed by atoms with Crippen molar-refractivity contribution in [1.82, 2.24) is 19.8 Å². The fourth-order valence-corrected chi connectivity index (χ4v) is 5.45. The van der Waals surface area contributed by atoms with E-state index in [-0.39, 0.29) is 41.5 Å². The molecule has 0 bridgehead atoms. The average molecular weight is 448 g/mol. The highest BCUT2D eigenvalue weighted by atomic mass is 19.1. The summed E-state index contributed by atoms with van der Waals surface area (Å²) in [4.78, 5) is 32.3. The Bertz CT molecular complexity index is 1250. The summed E-state index contributed by atoms with van der Waals surface area (Å²) in [6.45, 7) is 0.591. The Morgan fingerprint density at radius 1 is 1.15 bits per heavy atom. The van der Waals surface area contributed by atoms with Gasteiger partial charge in [0.1, 0.15) is 5.82 Å². The highest BCUT2D eigenvalue weighted by Crippen LogP contribution is 2.48. The van der Waals surface area contributed by atoms with E-state index in [0.717, 1.165) is 11.3 Å². The van der Waals surface area contributed by atoms with Crippen molar-refractivity contribution in [3.8, 4) is 11.1 Å². The maximum Gasteiger partial charge on any atom is 0.258 e. The summed E-state index contributed by atoms with van der Waals surface area (Å²) in [7, 11) is 1.86. The highest BCUT2D eigenvalue weighted by molar-refractivity contribution is 5.82. The Hall–Kier alpha value is -3.36. The molecule has 0 saturated carbocycles. The van der Waals surface area contributed by atoms with Gasteiger partial charge in [-0.2, -0.15) is 0 Å². The number of amides is 1. The predicted octanol–water partition coefficient (Wildman–Crippen LogP) is 1.96. The molecule has 1 amide bonds. The van der Waals surface area contributed by atoms with Gasteiger partial charge in [0.15, 0.2) is 0 Å². The number of pyridine rings is 2. The molecule has 4 heterocycles. The zero-order chi connectivity index (χ0) is 23.1. The fourth-order valence-electron chi connectivity index (χ4n) is 5.45. The Morgan fingerprint density at radius 3 is 2.64 bits per heavy atom. The molecule has 0 unspecified atom stereocenters. The van der Waals surface area contributed by atoms with E-state index in [2.05, 4.69) is 10.3 Å². The summed E-state index contributed by atoms with van der Waals surface area (Å²) in [5.41, 5.74) is 2.06. The predicted molar refractivity (Wildman–Crippen MR) is 121 cm³/mol. The maximum absolute atomic E-state index is 14.3. The molecule has 8 heteroatoms. The van der Waals surface area contributed by atoms with Crippen molar-refractivity contribution in [3.05, 3.63) is 88.4 Å². The van der Waals surface area contributed by atoms with Crippen LogP contribution >= 0.6 is 0 Å². The first-order valence-corrected chi connectivity index (χ1v) is 11.0. The number of hydrogen-bond donors (Lipinski definition) is 2. The standard InChI is InChI=1S/C25H25FN4O3/c1-29-22-18(19(14-31)23(29)24(32)28-12-15-8-10-27-11-9-15)13-30-21(22)7-6-17(25(30)33)16-4-2-3-5-20(16)26/h2-11,18-19,22-23,31H,12-14H2,1H3,(H,28,32)/t18-,19-,22+,23-/m0/s1. The van der Waals surface area contributed by atoms with E-state index in [1.54, 1.807) is 41.2 Å². The molecule has 0 aliphatic carbocycles. The van der Waals surface area contributed by atoms with Crippen LogP contribution in [0, 0.1) is 17.7 Å². The van der Waals surface area contributed by atoms with Gasteiger partial charge < -0.3 is 15.0 Å². The second kappa shape index (κ2) is 8.53. The monoisotopic (exact) mass is 448 g/mol. The van der Waals surface area contributed by atoms with Crippen molar-refractivity contribution < 1.29 is 14.3 Å². The number of aliphatic hydroxyl groups is 1. The number of rotatable bonds is 5. The third kappa shape index (κ3) is 3.55. The molecule has 0 spiro atoms. The number of likely N-dealkylation sites (tertiary alicyclic amines) is 1. The number of halogens is 1. The van der Waals surface area contributed by atoms with Crippen molar-refractivity contribution in [3.63, 3.8) is 0 Å². The average Bonchev–Trinajstić information content (AvgIpc) is 3.34. The summed E-state index contributed by atoms with van der Waals surface area (Å²) in [5, 5.41) is 13.2. The van der Waals surface area contributed by atoms with Gasteiger partial charge in [-0.25, -0.2) is 4.39 Å². The van der Waals surface area contributed by atoms with Crippen LogP contribution in [0.2, 0.25) is 0 Å². The van der Waals surface area contributed by atoms with Crippen LogP contribution in [0.3, 0.4) is 0 Å². The van der Waals surface area contributed by atoms with Gasteiger partial charge in [-0.1, -0.05) is 18.2 Å². The van der Waals surface area contributed by atoms with Crippen LogP contribution < -0.4 is 10.9 Å². The normalized spacial score (nSPS) is 23.8. The summed E-state index contributed by atoms with van der Waals surface area (Å²) in [6, 6.07) is 12.7. The zero-order valence-corrected chi connectivity index (χ0v) is 18.2. The quantitative estimate of drug-likeness (QED) is 0.623. The molecular formula is C25H25FN4O3. The van der Waals surface area contributed by atoms with Crippen LogP contribution in [-0.4, -0.2) is 45.2 Å². The molecule has 2 N–H and O–H groups in total. The van der Waals surface area contributed by atoms with Crippen molar-refractivity contribution in [1.29, 1.82) is 0 Å². The molecule has 1 saturated heterocycles. The largest absolute Gasteiger partial charge is 0.396 e. The van der Waals surface area contributed by atoms with Crippen LogP contribution in [0.1, 0.15) is 17.3 Å². The SMILES string of the molecule is CN1[C@H](C(=O)NCc2ccncc2)[C@@H](CO)[C@@H]2Cn3c(ccc(-c4ccccc4F)c3=O)[C@@H]21. The van der Waals surface area contributed by atoms with Gasteiger partial charge in [-0.05, 0) is 42.9 Å². The Morgan fingerprint density at radius 2 is 1.91 bits per heavy atom. The third-order valence-corrected chi connectivity index (χ3v) is 7.00. The number of nitrogens with zero attached hydrogens (tertiary/aromatic N) is 3. The van der Waals surface area contributed by atoms with Crippen molar-refractivity contribution in [2.24, 2.45) is 11.8 Å². The molecule has 2 aliphatic rings. The van der Waals surface area contributed by atoms with Gasteiger partial charge in [0.2, 0.25) is 5.91 Å². The lowest BCUT2D eigenvalue weighted by Crippen LogP contribution is -2.46. The lowest BCUT2D eigenvalue weighted by atomic mass is 9.88. The number of hydrogen-bond acceptors (Lipinski definition) is 5. The molecule has 5 rings (SSSR count). The van der Waals surface area contributed by atoms with Gasteiger partial charge in [-0.3, -0.25) is 19.5 Å². The number of carbonyl (C=O) groups is 1. The molecule has 2 aliphatic heterocycles. The number of aromatic nitrogens is 2. The van der Waals surface area contributed by atoms with Crippen molar-refractivity contribution >= 4 is 5.91 Å². The van der Waals surface area contributed by atoms with Crippen molar-refractivity contribution in [2.45, 2.75) is 25.2 Å². The topological polar surface area (TPSA) is 87.5 Å². The first-order valence-electron chi connectivity index (χ1n) is 11.0. The van der Waals surface area contributed by atoms with Gasteiger partial charge in [0, 0.05) is 55.2 Å². The number of fused-ring (bicyclic) bond motifs is 3. The van der Waals surface area contributed by atoms with Gasteiger partial charge >= 0.3 is 0 Å². The second-order valence-electron chi connectivity index (χ2n) is 8.71. The molecule has 33 heavy (non-hydrogen) atoms. The summed E-state index contributed by atoms with van der Waals surface area (Å²) < 4.78 is 16.0. The molecular weight excluding hydrogens is 423 g/mol. The van der Waals surface area contributed by atoms with E-state index < -0.39 is 11.9 Å². The van der Waals surface area contributed by atoms with Gasteiger partial charge in [0.05, 0.1) is 17.6 Å². The smallest absolute Gasteiger partial charge is 0.258 e. The molecule has 3 aromatic rings. The summed E-state index contributed by atoms with van der Waals surface area (Å²) in [6.07, 6.45) is 3.35. The highest BCUT2D eigenvalue weighted by Gasteiger charge is 2.54. The van der Waals surface area contributed by atoms with E-state index in [9.17, 15) is 19.1 Å². The first kappa shape index (κ1) is 21.5. The number of nitrogens with one attached hydrogen (secondary N) is 1. The van der Waals surface area contributed by atoms with E-state index in [1.165, 1.54) is 6.07 Å². The van der Waals surface area contributed by atoms with Gasteiger partial charge in [0.25, 0.3) is 5.56 Å². The second-order valence-corrected chi connectivity index (χ2v) is 8.71. The zero-order valence-electron chi connectivity index (χ0n) is 18.2. The Balaban J connectivity index is 1.43. The van der Waals surface area contributed by atoms with E-state index in [0.29, 0.717) is 18.7 Å². The maximum atomic E-state index is 14.3. The molecule has 1 fully saturated rings. The minimum atomic E-state index is -0.512. The fraction of sp³-hybridized carbons (Fsp3) is 0.320. The van der Waals surface area contributed by atoms with Crippen LogP contribution in [0.15, 0.2) is 65.7 Å². The van der Waals surface area contributed by atoms with Crippen molar-refractivity contribution in [2.75, 3.05) is 13.7 Å². The molecule has 0 radical (unpaired) electrons. The minimum absolute atomic E-state index is 0.0970. The summed E-state index contributed by atoms with van der Waals surface area (Å²) >= 11 is 0. The van der Waals surface area contributed by atoms with Crippen LogP contribution in [0.25, 0.3) is 11.1 Å². The third-order valence-electron chi connectivity index (χ3n) is 7.00. The number of likely N-dealkylation sites (N-methyl/N-ethyl adjacent to an activating group) is 1. The Labute approximate surface area is 190 Å². The molecule has 4 atom stereocenters. The first-order chi connectivity index (χ1) is 16.0. The Kier molecular flexibility index (Phi) is 5.55. The van der Waals surface area contributed by atoms with E-state index in [1.807, 2.05) is 30.1 Å². The van der Waals surface area contributed by atoms with Crippen LogP contribution in [0.5, 0.6) is 0 Å². The van der Waals surface area contributed by atoms with E-state index >= 15 is 0 Å². The molecule has 2 aromatic heterocycles. The van der Waals surface area contributed by atoms with E-state index in [4.69, 9.17) is 0 Å². The molecule has 7 nitrogen and oxygen atoms in total. The summed E-state index contributed by atoms with van der Waals surface area (Å²) in [5.74, 6) is -1.02. The minimum Gasteiger partial charge on any atom is -0.396 e. The molecule has 170 valence electrons.